The second kappa shape index (κ2) is 7.91. The van der Waals surface area contributed by atoms with Gasteiger partial charge in [-0.1, -0.05) is 34.8 Å². The van der Waals surface area contributed by atoms with Gasteiger partial charge in [-0.2, -0.15) is 0 Å². The summed E-state index contributed by atoms with van der Waals surface area (Å²) in [6.45, 7) is -0.321. The zero-order chi connectivity index (χ0) is 19.6. The lowest BCUT2D eigenvalue weighted by Gasteiger charge is -2.07. The SMILES string of the molecule is O=C(OCc1nnc(-c2ccc([N+](=O)[O-])cc2)o1)c1c(Cl)ccc(Cl)c1Cl. The molecule has 8 nitrogen and oxygen atoms in total. The molecule has 0 fully saturated rings. The minimum atomic E-state index is -0.803. The van der Waals surface area contributed by atoms with Crippen molar-refractivity contribution in [2.75, 3.05) is 0 Å². The van der Waals surface area contributed by atoms with Crippen LogP contribution < -0.4 is 0 Å². The highest BCUT2D eigenvalue weighted by Gasteiger charge is 2.20. The van der Waals surface area contributed by atoms with Crippen LogP contribution in [0.5, 0.6) is 0 Å². The molecule has 2 aromatic carbocycles. The van der Waals surface area contributed by atoms with Crippen LogP contribution in [0.3, 0.4) is 0 Å². The Kier molecular flexibility index (Phi) is 5.59. The van der Waals surface area contributed by atoms with Gasteiger partial charge in [-0.05, 0) is 24.3 Å². The van der Waals surface area contributed by atoms with E-state index in [-0.39, 0.29) is 44.7 Å². The molecular formula is C16H8Cl3N3O5. The molecule has 11 heteroatoms. The predicted molar refractivity (Wildman–Crippen MR) is 97.0 cm³/mol. The van der Waals surface area contributed by atoms with E-state index >= 15 is 0 Å². The first-order valence-electron chi connectivity index (χ1n) is 7.24. The number of nitro benzene ring substituents is 1. The van der Waals surface area contributed by atoms with E-state index in [1.165, 1.54) is 36.4 Å². The largest absolute Gasteiger partial charge is 0.452 e. The first-order valence-corrected chi connectivity index (χ1v) is 8.38. The first-order chi connectivity index (χ1) is 12.9. The zero-order valence-corrected chi connectivity index (χ0v) is 15.5. The number of hydrogen-bond acceptors (Lipinski definition) is 7. The molecule has 0 saturated heterocycles. The Morgan fingerprint density at radius 1 is 1.07 bits per heavy atom. The number of esters is 1. The number of aromatic nitrogens is 2. The van der Waals surface area contributed by atoms with E-state index < -0.39 is 10.9 Å². The highest BCUT2D eigenvalue weighted by atomic mass is 35.5. The molecule has 3 rings (SSSR count). The van der Waals surface area contributed by atoms with Crippen LogP contribution in [0.1, 0.15) is 16.2 Å². The van der Waals surface area contributed by atoms with Gasteiger partial charge in [-0.3, -0.25) is 10.1 Å². The van der Waals surface area contributed by atoms with E-state index in [2.05, 4.69) is 10.2 Å². The Balaban J connectivity index is 1.70. The maximum absolute atomic E-state index is 12.2. The summed E-state index contributed by atoms with van der Waals surface area (Å²) in [7, 11) is 0. The fourth-order valence-electron chi connectivity index (χ4n) is 2.07. The molecule has 1 aromatic heterocycles. The summed E-state index contributed by atoms with van der Waals surface area (Å²) >= 11 is 17.8. The van der Waals surface area contributed by atoms with Crippen LogP contribution >= 0.6 is 34.8 Å². The number of carbonyl (C=O) groups excluding carboxylic acids is 1. The molecular weight excluding hydrogens is 421 g/mol. The van der Waals surface area contributed by atoms with E-state index in [0.29, 0.717) is 5.56 Å². The Hall–Kier alpha value is -2.68. The molecule has 138 valence electrons. The van der Waals surface area contributed by atoms with Gasteiger partial charge in [0, 0.05) is 17.7 Å². The third-order valence-corrected chi connectivity index (χ3v) is 4.49. The number of non-ortho nitro benzene ring substituents is 1. The summed E-state index contributed by atoms with van der Waals surface area (Å²) in [6, 6.07) is 8.42. The Morgan fingerprint density at radius 3 is 2.41 bits per heavy atom. The molecule has 27 heavy (non-hydrogen) atoms. The monoisotopic (exact) mass is 427 g/mol. The van der Waals surface area contributed by atoms with Gasteiger partial charge in [-0.15, -0.1) is 10.2 Å². The average molecular weight is 429 g/mol. The third-order valence-electron chi connectivity index (χ3n) is 3.37. The number of halogens is 3. The Morgan fingerprint density at radius 2 is 1.74 bits per heavy atom. The predicted octanol–water partition coefficient (Wildman–Crippen LogP) is 4.96. The average Bonchev–Trinajstić information content (AvgIpc) is 3.12. The van der Waals surface area contributed by atoms with Crippen LogP contribution in [0.2, 0.25) is 15.1 Å². The van der Waals surface area contributed by atoms with Crippen LogP contribution in [-0.4, -0.2) is 21.1 Å². The smallest absolute Gasteiger partial charge is 0.341 e. The molecule has 0 bridgehead atoms. The van der Waals surface area contributed by atoms with Gasteiger partial charge < -0.3 is 9.15 Å². The van der Waals surface area contributed by atoms with Crippen molar-refractivity contribution >= 4 is 46.5 Å². The maximum atomic E-state index is 12.2. The summed E-state index contributed by atoms with van der Waals surface area (Å²) in [6.07, 6.45) is 0. The van der Waals surface area contributed by atoms with Gasteiger partial charge in [0.2, 0.25) is 5.89 Å². The molecule has 0 unspecified atom stereocenters. The zero-order valence-electron chi connectivity index (χ0n) is 13.2. The summed E-state index contributed by atoms with van der Waals surface area (Å²) < 4.78 is 10.5. The van der Waals surface area contributed by atoms with Crippen LogP contribution in [0.15, 0.2) is 40.8 Å². The van der Waals surface area contributed by atoms with Crippen LogP contribution in [-0.2, 0) is 11.3 Å². The van der Waals surface area contributed by atoms with Gasteiger partial charge in [0.1, 0.15) is 0 Å². The second-order valence-electron chi connectivity index (χ2n) is 5.10. The summed E-state index contributed by atoms with van der Waals surface area (Å²) in [5.74, 6) is -0.664. The van der Waals surface area contributed by atoms with E-state index in [1.54, 1.807) is 0 Å². The molecule has 0 aliphatic rings. The lowest BCUT2D eigenvalue weighted by molar-refractivity contribution is -0.384. The van der Waals surface area contributed by atoms with Gasteiger partial charge in [0.05, 0.1) is 25.6 Å². The van der Waals surface area contributed by atoms with E-state index in [1.807, 2.05) is 0 Å². The molecule has 0 N–H and O–H groups in total. The number of benzene rings is 2. The molecule has 3 aromatic rings. The Bertz CT molecular complexity index is 1020. The fraction of sp³-hybridized carbons (Fsp3) is 0.0625. The number of rotatable bonds is 5. The molecule has 0 atom stereocenters. The lowest BCUT2D eigenvalue weighted by Crippen LogP contribution is -2.07. The lowest BCUT2D eigenvalue weighted by atomic mass is 10.2. The van der Waals surface area contributed by atoms with Crippen LogP contribution in [0, 0.1) is 10.1 Å². The molecule has 0 saturated carbocycles. The van der Waals surface area contributed by atoms with Crippen LogP contribution in [0.25, 0.3) is 11.5 Å². The van der Waals surface area contributed by atoms with Crippen molar-refractivity contribution in [3.05, 3.63) is 73.0 Å². The Labute approximate surface area is 166 Å². The first kappa shape index (κ1) is 19.1. The van der Waals surface area contributed by atoms with Crippen molar-refractivity contribution < 1.29 is 18.9 Å². The van der Waals surface area contributed by atoms with Gasteiger partial charge in [0.25, 0.3) is 11.6 Å². The molecule has 0 aliphatic heterocycles. The second-order valence-corrected chi connectivity index (χ2v) is 6.29. The summed E-state index contributed by atoms with van der Waals surface area (Å²) in [5.41, 5.74) is 0.343. The van der Waals surface area contributed by atoms with Crippen molar-refractivity contribution in [1.29, 1.82) is 0 Å². The number of nitro groups is 1. The molecule has 0 amide bonds. The minimum absolute atomic E-state index is 0.0194. The molecule has 0 spiro atoms. The topological polar surface area (TPSA) is 108 Å². The van der Waals surface area contributed by atoms with Crippen molar-refractivity contribution in [2.45, 2.75) is 6.61 Å². The number of carbonyl (C=O) groups is 1. The maximum Gasteiger partial charge on any atom is 0.341 e. The highest BCUT2D eigenvalue weighted by Crippen LogP contribution is 2.32. The van der Waals surface area contributed by atoms with E-state index in [0.717, 1.165) is 0 Å². The normalized spacial score (nSPS) is 10.6. The van der Waals surface area contributed by atoms with Crippen LogP contribution in [0.4, 0.5) is 5.69 Å². The number of nitrogens with zero attached hydrogens (tertiary/aromatic N) is 3. The number of ether oxygens (including phenoxy) is 1. The summed E-state index contributed by atoms with van der Waals surface area (Å²) in [5, 5.41) is 18.5. The quantitative estimate of drug-likeness (QED) is 0.244. The molecule has 0 radical (unpaired) electrons. The molecule has 1 heterocycles. The summed E-state index contributed by atoms with van der Waals surface area (Å²) in [4.78, 5) is 22.3. The van der Waals surface area contributed by atoms with Gasteiger partial charge in [0.15, 0.2) is 6.61 Å². The van der Waals surface area contributed by atoms with E-state index in [4.69, 9.17) is 44.0 Å². The van der Waals surface area contributed by atoms with Crippen molar-refractivity contribution in [3.8, 4) is 11.5 Å². The van der Waals surface area contributed by atoms with Crippen molar-refractivity contribution in [3.63, 3.8) is 0 Å². The number of hydrogen-bond donors (Lipinski definition) is 0. The van der Waals surface area contributed by atoms with E-state index in [9.17, 15) is 14.9 Å². The van der Waals surface area contributed by atoms with Crippen molar-refractivity contribution in [1.82, 2.24) is 10.2 Å². The minimum Gasteiger partial charge on any atom is -0.452 e. The standard InChI is InChI=1S/C16H8Cl3N3O5/c17-10-5-6-11(18)14(19)13(10)16(23)26-7-12-20-21-15(27-12)8-1-3-9(4-2-8)22(24)25/h1-6H,7H2. The molecule has 0 aliphatic carbocycles. The van der Waals surface area contributed by atoms with Crippen molar-refractivity contribution in [2.24, 2.45) is 0 Å². The third kappa shape index (κ3) is 4.19. The van der Waals surface area contributed by atoms with Gasteiger partial charge >= 0.3 is 5.97 Å². The van der Waals surface area contributed by atoms with Gasteiger partial charge in [-0.25, -0.2) is 4.79 Å². The highest BCUT2D eigenvalue weighted by molar-refractivity contribution is 6.46. The fourth-order valence-corrected chi connectivity index (χ4v) is 2.75.